The van der Waals surface area contributed by atoms with Crippen molar-refractivity contribution in [1.82, 2.24) is 15.2 Å². The molecule has 1 saturated heterocycles. The van der Waals surface area contributed by atoms with Crippen LogP contribution >= 0.6 is 11.6 Å². The Bertz CT molecular complexity index is 1430. The molecule has 40 heavy (non-hydrogen) atoms. The molecular formula is C29H31ClN6O4. The van der Waals surface area contributed by atoms with E-state index in [4.69, 9.17) is 22.3 Å². The minimum Gasteiger partial charge on any atom is -0.401 e. The number of nitrogens with one attached hydrogen (secondary N) is 2. The molecule has 3 heterocycles. The lowest BCUT2D eigenvalue weighted by Crippen LogP contribution is -2.57. The number of aliphatic hydroxyl groups excluding tert-OH is 1. The van der Waals surface area contributed by atoms with E-state index in [-0.39, 0.29) is 24.8 Å². The highest BCUT2D eigenvalue weighted by molar-refractivity contribution is 6.30. The lowest BCUT2D eigenvalue weighted by Gasteiger charge is -2.33. The number of aliphatic imine (C=N–C) groups is 1. The molecule has 2 aliphatic carbocycles. The second-order valence-corrected chi connectivity index (χ2v) is 11.4. The molecule has 2 aliphatic heterocycles. The van der Waals surface area contributed by atoms with Crippen molar-refractivity contribution in [2.75, 3.05) is 11.9 Å². The van der Waals surface area contributed by atoms with E-state index >= 15 is 0 Å². The smallest absolute Gasteiger partial charge is 0.262 e. The van der Waals surface area contributed by atoms with Gasteiger partial charge >= 0.3 is 0 Å². The summed E-state index contributed by atoms with van der Waals surface area (Å²) in [5.74, 6) is -0.396. The number of nitrogens with two attached hydrogens (primary N) is 1. The van der Waals surface area contributed by atoms with Gasteiger partial charge in [-0.25, -0.2) is 0 Å². The van der Waals surface area contributed by atoms with Crippen molar-refractivity contribution in [2.24, 2.45) is 22.6 Å². The van der Waals surface area contributed by atoms with Crippen LogP contribution in [0.15, 0.2) is 47.2 Å². The maximum atomic E-state index is 13.1. The lowest BCUT2D eigenvalue weighted by atomic mass is 9.80. The maximum Gasteiger partial charge on any atom is 0.262 e. The first-order valence-corrected chi connectivity index (χ1v) is 14.0. The van der Waals surface area contributed by atoms with Gasteiger partial charge in [-0.15, -0.1) is 0 Å². The van der Waals surface area contributed by atoms with Gasteiger partial charge in [0, 0.05) is 47.4 Å². The van der Waals surface area contributed by atoms with Crippen LogP contribution in [-0.4, -0.2) is 63.8 Å². The van der Waals surface area contributed by atoms with Crippen LogP contribution < -0.4 is 16.4 Å². The minimum absolute atomic E-state index is 0.150. The van der Waals surface area contributed by atoms with Crippen LogP contribution in [0.4, 0.5) is 5.69 Å². The number of carbonyl (C=O) groups is 3. The molecule has 1 aromatic carbocycles. The summed E-state index contributed by atoms with van der Waals surface area (Å²) < 4.78 is 0. The Labute approximate surface area is 236 Å². The largest absolute Gasteiger partial charge is 0.401 e. The number of aliphatic hydroxyl groups is 1. The standard InChI is InChI=1S/C29H31ClN6O4/c30-17-7-8-32-23(11-17)22(26(31)16-1-2-16)14-34-19-9-15(10-19)13-33-18-3-4-20-21(12-18)29(40)36(28(20)39)24-5-6-25(37)35-27(24)38/h3-4,7-8,11-12,14-16,19,24,27,33,38H,1-2,5-6,9-10,13,31H2,(H,35,37). The molecule has 3 amide bonds. The van der Waals surface area contributed by atoms with Crippen LogP contribution in [0.2, 0.25) is 5.02 Å². The average Bonchev–Trinajstić information content (AvgIpc) is 3.72. The zero-order chi connectivity index (χ0) is 28.0. The highest BCUT2D eigenvalue weighted by atomic mass is 35.5. The predicted molar refractivity (Wildman–Crippen MR) is 151 cm³/mol. The Morgan fingerprint density at radius 3 is 2.65 bits per heavy atom. The number of anilines is 1. The third kappa shape index (κ3) is 5.21. The van der Waals surface area contributed by atoms with E-state index in [9.17, 15) is 19.5 Å². The van der Waals surface area contributed by atoms with Gasteiger partial charge in [0.15, 0.2) is 0 Å². The number of carbonyl (C=O) groups excluding carboxylic acids is 3. The second kappa shape index (κ2) is 10.7. The van der Waals surface area contributed by atoms with Crippen LogP contribution in [0.3, 0.4) is 0 Å². The number of allylic oxidation sites excluding steroid dienone is 2. The molecule has 1 aromatic heterocycles. The number of fused-ring (bicyclic) bond motifs is 1. The molecule has 6 rings (SSSR count). The van der Waals surface area contributed by atoms with Crippen LogP contribution in [0, 0.1) is 11.8 Å². The number of rotatable bonds is 8. The van der Waals surface area contributed by atoms with Crippen molar-refractivity contribution in [2.45, 2.75) is 56.8 Å². The van der Waals surface area contributed by atoms with Gasteiger partial charge < -0.3 is 21.5 Å². The quantitative estimate of drug-likeness (QED) is 0.285. The van der Waals surface area contributed by atoms with Crippen LogP contribution in [0.25, 0.3) is 5.57 Å². The topological polar surface area (TPSA) is 150 Å². The predicted octanol–water partition coefficient (Wildman–Crippen LogP) is 2.97. The van der Waals surface area contributed by atoms with Crippen molar-refractivity contribution >= 4 is 46.8 Å². The number of hydrogen-bond acceptors (Lipinski definition) is 8. The summed E-state index contributed by atoms with van der Waals surface area (Å²) in [4.78, 5) is 47.9. The van der Waals surface area contributed by atoms with Crippen LogP contribution in [-0.2, 0) is 4.79 Å². The van der Waals surface area contributed by atoms with E-state index in [1.165, 1.54) is 0 Å². The van der Waals surface area contributed by atoms with E-state index in [0.717, 1.165) is 53.2 Å². The third-order valence-corrected chi connectivity index (χ3v) is 8.37. The Hall–Kier alpha value is -3.76. The minimum atomic E-state index is -1.27. The van der Waals surface area contributed by atoms with E-state index in [0.29, 0.717) is 34.5 Å². The summed E-state index contributed by atoms with van der Waals surface area (Å²) in [5.41, 5.74) is 10.2. The van der Waals surface area contributed by atoms with Gasteiger partial charge in [0.1, 0.15) is 6.23 Å². The number of amides is 3. The molecule has 10 nitrogen and oxygen atoms in total. The van der Waals surface area contributed by atoms with E-state index < -0.39 is 24.1 Å². The number of piperidine rings is 1. The first-order valence-electron chi connectivity index (χ1n) is 13.7. The molecule has 0 bridgehead atoms. The summed E-state index contributed by atoms with van der Waals surface area (Å²) in [6.45, 7) is 0.715. The van der Waals surface area contributed by atoms with Crippen molar-refractivity contribution in [1.29, 1.82) is 0 Å². The average molecular weight is 563 g/mol. The highest BCUT2D eigenvalue weighted by Gasteiger charge is 2.44. The molecule has 5 N–H and O–H groups in total. The third-order valence-electron chi connectivity index (χ3n) is 8.14. The number of benzene rings is 1. The molecule has 4 aliphatic rings. The maximum absolute atomic E-state index is 13.1. The number of pyridine rings is 1. The molecule has 2 atom stereocenters. The fourth-order valence-corrected chi connectivity index (χ4v) is 5.76. The summed E-state index contributed by atoms with van der Waals surface area (Å²) >= 11 is 6.18. The van der Waals surface area contributed by atoms with Gasteiger partial charge in [0.25, 0.3) is 11.8 Å². The summed E-state index contributed by atoms with van der Waals surface area (Å²) in [7, 11) is 0. The number of aromatic nitrogens is 1. The highest BCUT2D eigenvalue weighted by Crippen LogP contribution is 2.38. The molecule has 11 heteroatoms. The molecule has 2 unspecified atom stereocenters. The van der Waals surface area contributed by atoms with Gasteiger partial charge in [-0.1, -0.05) is 11.6 Å². The first kappa shape index (κ1) is 26.5. The zero-order valence-corrected chi connectivity index (χ0v) is 22.6. The Balaban J connectivity index is 1.05. The zero-order valence-electron chi connectivity index (χ0n) is 21.8. The van der Waals surface area contributed by atoms with Gasteiger partial charge in [0.2, 0.25) is 5.91 Å². The van der Waals surface area contributed by atoms with Crippen molar-refractivity contribution in [3.05, 3.63) is 64.1 Å². The van der Waals surface area contributed by atoms with Gasteiger partial charge in [-0.05, 0) is 74.3 Å². The van der Waals surface area contributed by atoms with Crippen molar-refractivity contribution < 1.29 is 19.5 Å². The Morgan fingerprint density at radius 2 is 1.93 bits per heavy atom. The van der Waals surface area contributed by atoms with Gasteiger partial charge in [-0.2, -0.15) is 0 Å². The lowest BCUT2D eigenvalue weighted by molar-refractivity contribution is -0.129. The van der Waals surface area contributed by atoms with Gasteiger partial charge in [-0.3, -0.25) is 29.3 Å². The molecule has 0 spiro atoms. The molecular weight excluding hydrogens is 532 g/mol. The second-order valence-electron chi connectivity index (χ2n) is 11.0. The molecule has 2 saturated carbocycles. The Kier molecular flexibility index (Phi) is 7.06. The molecule has 0 radical (unpaired) electrons. The normalized spacial score (nSPS) is 26.9. The molecule has 2 aromatic rings. The number of halogens is 1. The van der Waals surface area contributed by atoms with Crippen LogP contribution in [0.5, 0.6) is 0 Å². The summed E-state index contributed by atoms with van der Waals surface area (Å²) in [6.07, 6.45) is 6.65. The number of imide groups is 1. The van der Waals surface area contributed by atoms with E-state index in [1.54, 1.807) is 30.5 Å². The van der Waals surface area contributed by atoms with E-state index in [2.05, 4.69) is 15.6 Å². The summed E-state index contributed by atoms with van der Waals surface area (Å²) in [5, 5.41) is 16.6. The monoisotopic (exact) mass is 562 g/mol. The van der Waals surface area contributed by atoms with Crippen molar-refractivity contribution in [3.63, 3.8) is 0 Å². The van der Waals surface area contributed by atoms with Gasteiger partial charge in [0.05, 0.1) is 28.9 Å². The van der Waals surface area contributed by atoms with Crippen LogP contribution in [0.1, 0.15) is 64.9 Å². The summed E-state index contributed by atoms with van der Waals surface area (Å²) in [6, 6.07) is 8.09. The molecule has 3 fully saturated rings. The Morgan fingerprint density at radius 1 is 1.15 bits per heavy atom. The SMILES string of the molecule is NC(=C(C=NC1CC(CNc2ccc3c(c2)C(=O)N(C2CCC(=O)NC2O)C3=O)C1)c1cc(Cl)ccn1)C1CC1. The fraction of sp³-hybridized carbons (Fsp3) is 0.414. The van der Waals surface area contributed by atoms with Crippen molar-refractivity contribution in [3.8, 4) is 0 Å². The van der Waals surface area contributed by atoms with E-state index in [1.807, 2.05) is 12.3 Å². The first-order chi connectivity index (χ1) is 19.3. The fourth-order valence-electron chi connectivity index (χ4n) is 5.60. The number of nitrogens with zero attached hydrogens (tertiary/aromatic N) is 3. The molecule has 208 valence electrons. The number of hydrogen-bond donors (Lipinski definition) is 4.